The molecule has 0 aliphatic heterocycles. The van der Waals surface area contributed by atoms with Gasteiger partial charge in [-0.25, -0.2) is 22.2 Å². The molecule has 3 rings (SSSR count). The Labute approximate surface area is 201 Å². The zero-order valence-electron chi connectivity index (χ0n) is 19.5. The van der Waals surface area contributed by atoms with E-state index in [1.807, 2.05) is 5.32 Å². The molecule has 0 aliphatic carbocycles. The Bertz CT molecular complexity index is 1330. The monoisotopic (exact) mass is 508 g/mol. The van der Waals surface area contributed by atoms with Crippen LogP contribution < -0.4 is 5.32 Å². The van der Waals surface area contributed by atoms with Gasteiger partial charge in [0.2, 0.25) is 10.0 Å². The van der Waals surface area contributed by atoms with E-state index >= 15 is 0 Å². The van der Waals surface area contributed by atoms with Crippen LogP contribution in [-0.4, -0.2) is 53.8 Å². The van der Waals surface area contributed by atoms with Crippen LogP contribution in [0, 0.1) is 11.6 Å². The number of para-hydroxylation sites is 1. The smallest absolute Gasteiger partial charge is 0.306 e. The summed E-state index contributed by atoms with van der Waals surface area (Å²) in [7, 11) is -1.90. The predicted molar refractivity (Wildman–Crippen MR) is 125 cm³/mol. The summed E-state index contributed by atoms with van der Waals surface area (Å²) in [6, 6.07) is 7.82. The minimum Gasteiger partial charge on any atom is -0.456 e. The molecule has 1 amide bonds. The molecule has 1 heterocycles. The van der Waals surface area contributed by atoms with Gasteiger partial charge in [0.1, 0.15) is 23.1 Å². The molecule has 1 N–H and O–H groups in total. The lowest BCUT2D eigenvalue weighted by molar-refractivity contribution is -0.147. The highest BCUT2D eigenvalue weighted by Crippen LogP contribution is 2.23. The van der Waals surface area contributed by atoms with Crippen molar-refractivity contribution in [3.8, 4) is 0 Å². The molecule has 35 heavy (non-hydrogen) atoms. The van der Waals surface area contributed by atoms with Gasteiger partial charge in [-0.1, -0.05) is 19.9 Å². The third-order valence-electron chi connectivity index (χ3n) is 5.43. The van der Waals surface area contributed by atoms with Gasteiger partial charge in [-0.15, -0.1) is 0 Å². The van der Waals surface area contributed by atoms with Crippen molar-refractivity contribution in [3.63, 3.8) is 0 Å². The van der Waals surface area contributed by atoms with Crippen LogP contribution in [-0.2, 0) is 37.8 Å². The van der Waals surface area contributed by atoms with E-state index in [9.17, 15) is 26.8 Å². The van der Waals surface area contributed by atoms with Gasteiger partial charge < -0.3 is 14.6 Å². The van der Waals surface area contributed by atoms with Gasteiger partial charge in [-0.3, -0.25) is 9.59 Å². The quantitative estimate of drug-likeness (QED) is 0.422. The van der Waals surface area contributed by atoms with Crippen LogP contribution in [0.3, 0.4) is 0 Å². The van der Waals surface area contributed by atoms with Crippen LogP contribution in [0.5, 0.6) is 0 Å². The van der Waals surface area contributed by atoms with Crippen molar-refractivity contribution in [1.29, 1.82) is 0 Å². The molecule has 0 saturated carbocycles. The van der Waals surface area contributed by atoms with Gasteiger partial charge in [0.25, 0.3) is 5.91 Å². The molecular formula is C23H26F2N4O5S. The van der Waals surface area contributed by atoms with Crippen LogP contribution in [0.25, 0.3) is 11.0 Å². The number of carbonyl (C=O) groups is 2. The first-order valence-electron chi connectivity index (χ1n) is 10.9. The molecule has 188 valence electrons. The van der Waals surface area contributed by atoms with Crippen molar-refractivity contribution >= 4 is 38.6 Å². The summed E-state index contributed by atoms with van der Waals surface area (Å²) < 4.78 is 60.7. The Balaban J connectivity index is 1.62. The van der Waals surface area contributed by atoms with Gasteiger partial charge in [0, 0.05) is 26.6 Å². The third-order valence-corrected chi connectivity index (χ3v) is 7.48. The van der Waals surface area contributed by atoms with Gasteiger partial charge >= 0.3 is 5.97 Å². The van der Waals surface area contributed by atoms with E-state index in [0.717, 1.165) is 18.2 Å². The van der Waals surface area contributed by atoms with Crippen molar-refractivity contribution in [3.05, 3.63) is 53.9 Å². The van der Waals surface area contributed by atoms with Gasteiger partial charge in [0.15, 0.2) is 6.61 Å². The number of nitrogens with zero attached hydrogens (tertiary/aromatic N) is 3. The molecule has 2 aromatic carbocycles. The maximum Gasteiger partial charge on any atom is 0.306 e. The summed E-state index contributed by atoms with van der Waals surface area (Å²) in [6.07, 6.45) is 0.0643. The number of halogens is 2. The van der Waals surface area contributed by atoms with Crippen molar-refractivity contribution in [2.24, 2.45) is 7.05 Å². The van der Waals surface area contributed by atoms with Gasteiger partial charge in [0.05, 0.1) is 22.3 Å². The van der Waals surface area contributed by atoms with Crippen molar-refractivity contribution < 1.29 is 31.5 Å². The SMILES string of the molecule is CCN(CC)S(=O)(=O)c1ccc2c(c1)nc(CCC(=O)OCC(=O)Nc1c(F)cccc1F)n2C. The number of carbonyl (C=O) groups excluding carboxylic acids is 2. The molecule has 0 aliphatic rings. The standard InChI is InChI=1S/C23H26F2N4O5S/c1-4-29(5-2)35(32,33)15-9-10-19-18(13-15)26-20(28(19)3)11-12-22(31)34-14-21(30)27-23-16(24)7-6-8-17(23)25/h6-10,13H,4-5,11-12,14H2,1-3H3,(H,27,30). The highest BCUT2D eigenvalue weighted by atomic mass is 32.2. The number of fused-ring (bicyclic) bond motifs is 1. The normalized spacial score (nSPS) is 11.7. The number of rotatable bonds is 10. The number of aryl methyl sites for hydroxylation is 2. The molecule has 3 aromatic rings. The second kappa shape index (κ2) is 10.9. The number of benzene rings is 2. The minimum atomic E-state index is -3.64. The summed E-state index contributed by atoms with van der Waals surface area (Å²) in [6.45, 7) is 3.51. The third kappa shape index (κ3) is 5.82. The number of hydrogen-bond donors (Lipinski definition) is 1. The fourth-order valence-electron chi connectivity index (χ4n) is 3.55. The molecular weight excluding hydrogens is 482 g/mol. The van der Waals surface area contributed by atoms with E-state index in [2.05, 4.69) is 4.98 Å². The number of hydrogen-bond acceptors (Lipinski definition) is 6. The first-order valence-corrected chi connectivity index (χ1v) is 12.4. The number of nitrogens with one attached hydrogen (secondary N) is 1. The van der Waals surface area contributed by atoms with E-state index in [1.165, 1.54) is 16.4 Å². The molecule has 0 radical (unpaired) electrons. The Hall–Kier alpha value is -3.38. The molecule has 0 spiro atoms. The number of amides is 1. The summed E-state index contributed by atoms with van der Waals surface area (Å²) in [5, 5.41) is 2.03. The van der Waals surface area contributed by atoms with E-state index < -0.39 is 45.8 Å². The summed E-state index contributed by atoms with van der Waals surface area (Å²) in [5.41, 5.74) is 0.546. The fourth-order valence-corrected chi connectivity index (χ4v) is 5.03. The Kier molecular flexibility index (Phi) is 8.18. The fraction of sp³-hybridized carbons (Fsp3) is 0.348. The average molecular weight is 509 g/mol. The number of sulfonamides is 1. The average Bonchev–Trinajstić information content (AvgIpc) is 3.14. The highest BCUT2D eigenvalue weighted by Gasteiger charge is 2.23. The van der Waals surface area contributed by atoms with E-state index in [-0.39, 0.29) is 17.7 Å². The molecule has 0 saturated heterocycles. The highest BCUT2D eigenvalue weighted by molar-refractivity contribution is 7.89. The maximum atomic E-state index is 13.6. The summed E-state index contributed by atoms with van der Waals surface area (Å²) in [4.78, 5) is 28.6. The van der Waals surface area contributed by atoms with Crippen LogP contribution in [0.1, 0.15) is 26.1 Å². The van der Waals surface area contributed by atoms with E-state index in [4.69, 9.17) is 4.74 Å². The second-order valence-corrected chi connectivity index (χ2v) is 9.57. The van der Waals surface area contributed by atoms with Crippen LogP contribution in [0.15, 0.2) is 41.3 Å². The van der Waals surface area contributed by atoms with E-state index in [1.54, 1.807) is 31.5 Å². The second-order valence-electron chi connectivity index (χ2n) is 7.63. The van der Waals surface area contributed by atoms with Crippen LogP contribution >= 0.6 is 0 Å². The summed E-state index contributed by atoms with van der Waals surface area (Å²) >= 11 is 0. The number of imidazole rings is 1. The molecule has 1 aromatic heterocycles. The predicted octanol–water partition coefficient (Wildman–Crippen LogP) is 3.00. The summed E-state index contributed by atoms with van der Waals surface area (Å²) in [5.74, 6) is -2.95. The molecule has 9 nitrogen and oxygen atoms in total. The Morgan fingerprint density at radius 3 is 2.40 bits per heavy atom. The molecule has 0 atom stereocenters. The zero-order chi connectivity index (χ0) is 25.8. The minimum absolute atomic E-state index is 0.108. The van der Waals surface area contributed by atoms with Crippen molar-refractivity contribution in [2.75, 3.05) is 25.0 Å². The van der Waals surface area contributed by atoms with Gasteiger partial charge in [-0.2, -0.15) is 4.31 Å². The first-order chi connectivity index (χ1) is 16.6. The molecule has 0 fully saturated rings. The van der Waals surface area contributed by atoms with Crippen LogP contribution in [0.2, 0.25) is 0 Å². The van der Waals surface area contributed by atoms with Crippen LogP contribution in [0.4, 0.5) is 14.5 Å². The number of anilines is 1. The van der Waals surface area contributed by atoms with Gasteiger partial charge in [-0.05, 0) is 30.3 Å². The Morgan fingerprint density at radius 1 is 1.11 bits per heavy atom. The lowest BCUT2D eigenvalue weighted by Crippen LogP contribution is -2.30. The Morgan fingerprint density at radius 2 is 1.77 bits per heavy atom. The van der Waals surface area contributed by atoms with Crippen molar-refractivity contribution in [1.82, 2.24) is 13.9 Å². The molecule has 0 bridgehead atoms. The number of ether oxygens (including phenoxy) is 1. The lowest BCUT2D eigenvalue weighted by atomic mass is 10.3. The largest absolute Gasteiger partial charge is 0.456 e. The lowest BCUT2D eigenvalue weighted by Gasteiger charge is -2.18. The molecule has 0 unspecified atom stereocenters. The topological polar surface area (TPSA) is 111 Å². The number of aromatic nitrogens is 2. The maximum absolute atomic E-state index is 13.6. The zero-order valence-corrected chi connectivity index (χ0v) is 20.4. The number of esters is 1. The molecule has 12 heteroatoms. The first kappa shape index (κ1) is 26.2. The van der Waals surface area contributed by atoms with Crippen molar-refractivity contribution in [2.45, 2.75) is 31.6 Å². The van der Waals surface area contributed by atoms with E-state index in [0.29, 0.717) is 29.9 Å².